The van der Waals surface area contributed by atoms with E-state index >= 15 is 0 Å². The minimum Gasteiger partial charge on any atom is -0.495 e. The van der Waals surface area contributed by atoms with Gasteiger partial charge in [0.25, 0.3) is 0 Å². The first-order valence-electron chi connectivity index (χ1n) is 4.02. The fourth-order valence-corrected chi connectivity index (χ4v) is 1.54. The first-order valence-corrected chi connectivity index (χ1v) is 4.43. The monoisotopic (exact) mass is 194 g/mol. The maximum Gasteiger partial charge on any atom is 0.171 e. The van der Waals surface area contributed by atoms with Gasteiger partial charge in [0.05, 0.1) is 12.8 Å². The molecule has 68 valence electrons. The van der Waals surface area contributed by atoms with Crippen molar-refractivity contribution in [3.63, 3.8) is 0 Å². The van der Waals surface area contributed by atoms with E-state index in [0.717, 1.165) is 18.0 Å². The molecule has 0 spiro atoms. The highest BCUT2D eigenvalue weighted by Gasteiger charge is 2.14. The van der Waals surface area contributed by atoms with Gasteiger partial charge in [0, 0.05) is 6.54 Å². The minimum absolute atomic E-state index is 0.650. The van der Waals surface area contributed by atoms with Crippen molar-refractivity contribution < 1.29 is 4.74 Å². The van der Waals surface area contributed by atoms with Crippen molar-refractivity contribution in [3.05, 3.63) is 23.8 Å². The molecular formula is C9H10N2OS. The van der Waals surface area contributed by atoms with Crippen LogP contribution in [0.5, 0.6) is 5.75 Å². The molecule has 2 rings (SSSR count). The Morgan fingerprint density at radius 2 is 2.31 bits per heavy atom. The van der Waals surface area contributed by atoms with Gasteiger partial charge in [0.1, 0.15) is 5.75 Å². The van der Waals surface area contributed by atoms with Crippen LogP contribution in [0.25, 0.3) is 0 Å². The number of thiocarbonyl (C=S) groups is 1. The summed E-state index contributed by atoms with van der Waals surface area (Å²) in [5.74, 6) is 0.835. The molecule has 0 aromatic heterocycles. The van der Waals surface area contributed by atoms with Crippen molar-refractivity contribution >= 4 is 23.0 Å². The highest BCUT2D eigenvalue weighted by atomic mass is 32.1. The molecule has 0 amide bonds. The lowest BCUT2D eigenvalue weighted by atomic mass is 10.1. The molecule has 2 N–H and O–H groups in total. The van der Waals surface area contributed by atoms with E-state index in [1.807, 2.05) is 18.2 Å². The SMILES string of the molecule is COc1cccc2c1NC(=S)NC2. The van der Waals surface area contributed by atoms with Crippen molar-refractivity contribution in [2.24, 2.45) is 0 Å². The average Bonchev–Trinajstić information content (AvgIpc) is 2.17. The molecule has 0 bridgehead atoms. The van der Waals surface area contributed by atoms with Gasteiger partial charge < -0.3 is 15.4 Å². The summed E-state index contributed by atoms with van der Waals surface area (Å²) in [6.07, 6.45) is 0. The molecule has 0 aliphatic carbocycles. The highest BCUT2D eigenvalue weighted by molar-refractivity contribution is 7.80. The summed E-state index contributed by atoms with van der Waals surface area (Å²) in [5.41, 5.74) is 2.15. The van der Waals surface area contributed by atoms with Gasteiger partial charge in [-0.1, -0.05) is 12.1 Å². The number of ether oxygens (including phenoxy) is 1. The van der Waals surface area contributed by atoms with Gasteiger partial charge in [-0.15, -0.1) is 0 Å². The van der Waals surface area contributed by atoms with E-state index in [9.17, 15) is 0 Å². The lowest BCUT2D eigenvalue weighted by Gasteiger charge is -2.22. The molecule has 0 fully saturated rings. The Bertz CT molecular complexity index is 337. The van der Waals surface area contributed by atoms with Crippen molar-refractivity contribution in [2.45, 2.75) is 6.54 Å². The van der Waals surface area contributed by atoms with Crippen LogP contribution in [-0.2, 0) is 6.54 Å². The van der Waals surface area contributed by atoms with Gasteiger partial charge in [-0.3, -0.25) is 0 Å². The molecule has 0 saturated carbocycles. The predicted molar refractivity (Wildman–Crippen MR) is 56.1 cm³/mol. The van der Waals surface area contributed by atoms with Gasteiger partial charge in [-0.05, 0) is 23.8 Å². The van der Waals surface area contributed by atoms with Crippen LogP contribution in [0, 0.1) is 0 Å². The van der Waals surface area contributed by atoms with Crippen molar-refractivity contribution in [3.8, 4) is 5.75 Å². The zero-order chi connectivity index (χ0) is 9.26. The third kappa shape index (κ3) is 1.45. The summed E-state index contributed by atoms with van der Waals surface area (Å²) < 4.78 is 5.21. The Morgan fingerprint density at radius 1 is 1.46 bits per heavy atom. The Hall–Kier alpha value is -1.29. The molecule has 1 heterocycles. The predicted octanol–water partition coefficient (Wildman–Crippen LogP) is 1.50. The van der Waals surface area contributed by atoms with Gasteiger partial charge in [-0.2, -0.15) is 0 Å². The van der Waals surface area contributed by atoms with Gasteiger partial charge in [0.15, 0.2) is 5.11 Å². The van der Waals surface area contributed by atoms with Gasteiger partial charge in [-0.25, -0.2) is 0 Å². The molecule has 1 aliphatic rings. The first kappa shape index (κ1) is 8.31. The second kappa shape index (κ2) is 3.22. The van der Waals surface area contributed by atoms with Crippen LogP contribution in [0.3, 0.4) is 0 Å². The van der Waals surface area contributed by atoms with Gasteiger partial charge >= 0.3 is 0 Å². The molecule has 0 unspecified atom stereocenters. The zero-order valence-electron chi connectivity index (χ0n) is 7.26. The Morgan fingerprint density at radius 3 is 3.08 bits per heavy atom. The summed E-state index contributed by atoms with van der Waals surface area (Å²) in [6, 6.07) is 5.93. The van der Waals surface area contributed by atoms with Crippen molar-refractivity contribution in [2.75, 3.05) is 12.4 Å². The molecule has 3 nitrogen and oxygen atoms in total. The Balaban J connectivity index is 2.46. The number of nitrogens with one attached hydrogen (secondary N) is 2. The first-order chi connectivity index (χ1) is 6.31. The van der Waals surface area contributed by atoms with Crippen molar-refractivity contribution in [1.29, 1.82) is 0 Å². The molecular weight excluding hydrogens is 184 g/mol. The van der Waals surface area contributed by atoms with E-state index in [2.05, 4.69) is 10.6 Å². The maximum absolute atomic E-state index is 5.21. The van der Waals surface area contributed by atoms with E-state index in [-0.39, 0.29) is 0 Å². The number of para-hydroxylation sites is 1. The molecule has 0 saturated heterocycles. The Labute approximate surface area is 82.1 Å². The van der Waals surface area contributed by atoms with E-state index in [0.29, 0.717) is 5.11 Å². The fraction of sp³-hybridized carbons (Fsp3) is 0.222. The third-order valence-corrected chi connectivity index (χ3v) is 2.26. The summed E-state index contributed by atoms with van der Waals surface area (Å²) >= 11 is 5.01. The number of rotatable bonds is 1. The van der Waals surface area contributed by atoms with Crippen LogP contribution in [0.2, 0.25) is 0 Å². The smallest absolute Gasteiger partial charge is 0.171 e. The second-order valence-electron chi connectivity index (χ2n) is 2.80. The lowest BCUT2D eigenvalue weighted by Crippen LogP contribution is -2.33. The molecule has 0 radical (unpaired) electrons. The molecule has 13 heavy (non-hydrogen) atoms. The lowest BCUT2D eigenvalue weighted by molar-refractivity contribution is 0.416. The van der Waals surface area contributed by atoms with Crippen LogP contribution in [0.15, 0.2) is 18.2 Å². The van der Waals surface area contributed by atoms with Crippen LogP contribution in [0.1, 0.15) is 5.56 Å². The third-order valence-electron chi connectivity index (χ3n) is 2.01. The number of benzene rings is 1. The van der Waals surface area contributed by atoms with E-state index in [1.54, 1.807) is 7.11 Å². The van der Waals surface area contributed by atoms with Crippen LogP contribution in [0.4, 0.5) is 5.69 Å². The standard InChI is InChI=1S/C9H10N2OS/c1-12-7-4-2-3-6-5-10-9(13)11-8(6)7/h2-4H,5H2,1H3,(H2,10,11,13). The molecule has 4 heteroatoms. The minimum atomic E-state index is 0.650. The molecule has 0 atom stereocenters. The number of methoxy groups -OCH3 is 1. The van der Waals surface area contributed by atoms with Crippen LogP contribution < -0.4 is 15.4 Å². The normalized spacial score (nSPS) is 14.1. The van der Waals surface area contributed by atoms with Crippen LogP contribution >= 0.6 is 12.2 Å². The Kier molecular flexibility index (Phi) is 2.06. The molecule has 1 aromatic carbocycles. The quantitative estimate of drug-likeness (QED) is 0.664. The van der Waals surface area contributed by atoms with Gasteiger partial charge in [0.2, 0.25) is 0 Å². The largest absolute Gasteiger partial charge is 0.495 e. The summed E-state index contributed by atoms with van der Waals surface area (Å²) in [4.78, 5) is 0. The number of anilines is 1. The number of hydrogen-bond acceptors (Lipinski definition) is 2. The fourth-order valence-electron chi connectivity index (χ4n) is 1.37. The summed E-state index contributed by atoms with van der Waals surface area (Å²) in [6.45, 7) is 0.762. The van der Waals surface area contributed by atoms with Crippen LogP contribution in [-0.4, -0.2) is 12.2 Å². The topological polar surface area (TPSA) is 33.3 Å². The van der Waals surface area contributed by atoms with E-state index < -0.39 is 0 Å². The average molecular weight is 194 g/mol. The highest BCUT2D eigenvalue weighted by Crippen LogP contribution is 2.29. The maximum atomic E-state index is 5.21. The molecule has 1 aliphatic heterocycles. The second-order valence-corrected chi connectivity index (χ2v) is 3.21. The number of fused-ring (bicyclic) bond motifs is 1. The van der Waals surface area contributed by atoms with E-state index in [4.69, 9.17) is 17.0 Å². The summed E-state index contributed by atoms with van der Waals surface area (Å²) in [5, 5.41) is 6.78. The van der Waals surface area contributed by atoms with Crippen molar-refractivity contribution in [1.82, 2.24) is 5.32 Å². The molecule has 1 aromatic rings. The summed E-state index contributed by atoms with van der Waals surface area (Å²) in [7, 11) is 1.66. The van der Waals surface area contributed by atoms with E-state index in [1.165, 1.54) is 5.56 Å². The zero-order valence-corrected chi connectivity index (χ0v) is 8.07. The number of hydrogen-bond donors (Lipinski definition) is 2.